The summed E-state index contributed by atoms with van der Waals surface area (Å²) in [6.45, 7) is 3.55. The van der Waals surface area contributed by atoms with Gasteiger partial charge < -0.3 is 19.8 Å². The van der Waals surface area contributed by atoms with E-state index in [1.54, 1.807) is 0 Å². The molecule has 2 rings (SSSR count). The summed E-state index contributed by atoms with van der Waals surface area (Å²) in [5.74, 6) is 0.726. The molecule has 17 heavy (non-hydrogen) atoms. The molecule has 1 aliphatic heterocycles. The predicted octanol–water partition coefficient (Wildman–Crippen LogP) is 0.961. The van der Waals surface area contributed by atoms with Crippen LogP contribution in [-0.2, 0) is 11.3 Å². The fraction of sp³-hybridized carbons (Fsp3) is 0.636. The maximum absolute atomic E-state index is 11.5. The van der Waals surface area contributed by atoms with E-state index in [1.807, 2.05) is 6.92 Å². The van der Waals surface area contributed by atoms with Crippen LogP contribution in [0.15, 0.2) is 10.8 Å². The smallest absolute Gasteiger partial charge is 0.315 e. The van der Waals surface area contributed by atoms with Crippen molar-refractivity contribution in [3.05, 3.63) is 17.8 Å². The molecule has 0 saturated carbocycles. The van der Waals surface area contributed by atoms with Crippen molar-refractivity contribution in [1.82, 2.24) is 15.6 Å². The quantitative estimate of drug-likeness (QED) is 0.820. The van der Waals surface area contributed by atoms with Crippen LogP contribution in [0.3, 0.4) is 0 Å². The molecule has 6 heteroatoms. The Morgan fingerprint density at radius 3 is 3.12 bits per heavy atom. The zero-order valence-electron chi connectivity index (χ0n) is 9.86. The maximum atomic E-state index is 11.5. The molecule has 2 amide bonds. The number of aromatic nitrogens is 1. The minimum atomic E-state index is -0.206. The number of aryl methyl sites for hydroxylation is 1. The molecule has 1 fully saturated rings. The molecule has 2 N–H and O–H groups in total. The van der Waals surface area contributed by atoms with E-state index in [0.717, 1.165) is 30.9 Å². The third-order valence-corrected chi connectivity index (χ3v) is 2.78. The molecule has 0 aromatic carbocycles. The van der Waals surface area contributed by atoms with Gasteiger partial charge in [0.05, 0.1) is 12.6 Å². The Bertz CT molecular complexity index is 372. The van der Waals surface area contributed by atoms with Crippen LogP contribution in [0.25, 0.3) is 0 Å². The van der Waals surface area contributed by atoms with Gasteiger partial charge in [0.25, 0.3) is 0 Å². The molecule has 1 atom stereocenters. The summed E-state index contributed by atoms with van der Waals surface area (Å²) in [6.07, 6.45) is 3.63. The van der Waals surface area contributed by atoms with Crippen LogP contribution in [0.1, 0.15) is 24.3 Å². The lowest BCUT2D eigenvalue weighted by Crippen LogP contribution is -2.39. The third kappa shape index (κ3) is 3.45. The highest BCUT2D eigenvalue weighted by atomic mass is 16.5. The van der Waals surface area contributed by atoms with Crippen molar-refractivity contribution < 1.29 is 13.9 Å². The number of ether oxygens (including phenoxy) is 1. The van der Waals surface area contributed by atoms with Crippen LogP contribution >= 0.6 is 0 Å². The van der Waals surface area contributed by atoms with E-state index < -0.39 is 0 Å². The number of hydrogen-bond acceptors (Lipinski definition) is 4. The molecule has 0 bridgehead atoms. The zero-order valence-corrected chi connectivity index (χ0v) is 9.86. The predicted molar refractivity (Wildman–Crippen MR) is 60.5 cm³/mol. The lowest BCUT2D eigenvalue weighted by atomic mass is 10.2. The number of carbonyl (C=O) groups excluding carboxylic acids is 1. The van der Waals surface area contributed by atoms with Crippen molar-refractivity contribution in [3.63, 3.8) is 0 Å². The molecule has 6 nitrogen and oxygen atoms in total. The molecule has 1 unspecified atom stereocenters. The van der Waals surface area contributed by atoms with Crippen molar-refractivity contribution in [2.75, 3.05) is 13.2 Å². The lowest BCUT2D eigenvalue weighted by molar-refractivity contribution is 0.111. The summed E-state index contributed by atoms with van der Waals surface area (Å²) in [7, 11) is 0. The Kier molecular flexibility index (Phi) is 3.98. The van der Waals surface area contributed by atoms with Crippen LogP contribution in [-0.4, -0.2) is 30.3 Å². The second-order valence-corrected chi connectivity index (χ2v) is 4.05. The minimum absolute atomic E-state index is 0.162. The van der Waals surface area contributed by atoms with Crippen molar-refractivity contribution in [2.24, 2.45) is 0 Å². The van der Waals surface area contributed by atoms with Gasteiger partial charge in [-0.05, 0) is 19.8 Å². The second-order valence-electron chi connectivity index (χ2n) is 4.05. The second kappa shape index (κ2) is 5.67. The molecule has 0 radical (unpaired) electrons. The average Bonchev–Trinajstić information content (AvgIpc) is 2.95. The SMILES string of the molecule is Cc1ocnc1CNC(=O)NCC1CCCO1. The summed E-state index contributed by atoms with van der Waals surface area (Å²) in [6, 6.07) is -0.206. The summed E-state index contributed by atoms with van der Waals surface area (Å²) >= 11 is 0. The summed E-state index contributed by atoms with van der Waals surface area (Å²) in [5, 5.41) is 5.49. The number of carbonyl (C=O) groups is 1. The van der Waals surface area contributed by atoms with Crippen LogP contribution in [0.4, 0.5) is 4.79 Å². The fourth-order valence-corrected chi connectivity index (χ4v) is 1.74. The van der Waals surface area contributed by atoms with Gasteiger partial charge in [0, 0.05) is 13.2 Å². The van der Waals surface area contributed by atoms with E-state index in [2.05, 4.69) is 15.6 Å². The fourth-order valence-electron chi connectivity index (χ4n) is 1.74. The van der Waals surface area contributed by atoms with E-state index >= 15 is 0 Å². The highest BCUT2D eigenvalue weighted by molar-refractivity contribution is 5.73. The third-order valence-electron chi connectivity index (χ3n) is 2.78. The maximum Gasteiger partial charge on any atom is 0.315 e. The van der Waals surface area contributed by atoms with Gasteiger partial charge >= 0.3 is 6.03 Å². The lowest BCUT2D eigenvalue weighted by Gasteiger charge is -2.11. The van der Waals surface area contributed by atoms with E-state index in [9.17, 15) is 4.79 Å². The molecule has 1 aromatic rings. The van der Waals surface area contributed by atoms with E-state index in [1.165, 1.54) is 6.39 Å². The Morgan fingerprint density at radius 1 is 1.59 bits per heavy atom. The molecule has 0 aliphatic carbocycles. The summed E-state index contributed by atoms with van der Waals surface area (Å²) < 4.78 is 10.4. The van der Waals surface area contributed by atoms with E-state index in [4.69, 9.17) is 9.15 Å². The monoisotopic (exact) mass is 239 g/mol. The zero-order chi connectivity index (χ0) is 12.1. The normalized spacial score (nSPS) is 19.2. The van der Waals surface area contributed by atoms with Crippen molar-refractivity contribution >= 4 is 6.03 Å². The number of oxazole rings is 1. The van der Waals surface area contributed by atoms with Gasteiger partial charge in [0.15, 0.2) is 6.39 Å². The van der Waals surface area contributed by atoms with Gasteiger partial charge in [-0.1, -0.05) is 0 Å². The molecule has 1 aromatic heterocycles. The van der Waals surface area contributed by atoms with Crippen molar-refractivity contribution in [2.45, 2.75) is 32.4 Å². The van der Waals surface area contributed by atoms with Crippen molar-refractivity contribution in [3.8, 4) is 0 Å². The first-order valence-electron chi connectivity index (χ1n) is 5.78. The Balaban J connectivity index is 1.65. The molecule has 94 valence electrons. The van der Waals surface area contributed by atoms with Crippen LogP contribution in [0.5, 0.6) is 0 Å². The number of hydrogen-bond donors (Lipinski definition) is 2. The number of nitrogens with one attached hydrogen (secondary N) is 2. The first-order chi connectivity index (χ1) is 8.25. The van der Waals surface area contributed by atoms with Crippen LogP contribution in [0, 0.1) is 6.92 Å². The highest BCUT2D eigenvalue weighted by Gasteiger charge is 2.16. The summed E-state index contributed by atoms with van der Waals surface area (Å²) in [5.41, 5.74) is 0.747. The first kappa shape index (κ1) is 11.9. The van der Waals surface area contributed by atoms with Gasteiger partial charge in [0.2, 0.25) is 0 Å². The van der Waals surface area contributed by atoms with Gasteiger partial charge in [0.1, 0.15) is 11.5 Å². The van der Waals surface area contributed by atoms with Gasteiger partial charge in [-0.2, -0.15) is 0 Å². The topological polar surface area (TPSA) is 76.4 Å². The van der Waals surface area contributed by atoms with Crippen LogP contribution in [0.2, 0.25) is 0 Å². The molecular weight excluding hydrogens is 222 g/mol. The Labute approximate surface area is 99.7 Å². The molecule has 0 spiro atoms. The van der Waals surface area contributed by atoms with Gasteiger partial charge in [-0.3, -0.25) is 0 Å². The average molecular weight is 239 g/mol. The molecule has 1 saturated heterocycles. The van der Waals surface area contributed by atoms with Gasteiger partial charge in [-0.25, -0.2) is 9.78 Å². The minimum Gasteiger partial charge on any atom is -0.448 e. The Hall–Kier alpha value is -1.56. The molecular formula is C11H17N3O3. The summed E-state index contributed by atoms with van der Waals surface area (Å²) in [4.78, 5) is 15.5. The largest absolute Gasteiger partial charge is 0.448 e. The van der Waals surface area contributed by atoms with Crippen molar-refractivity contribution in [1.29, 1.82) is 0 Å². The Morgan fingerprint density at radius 2 is 2.47 bits per heavy atom. The number of nitrogens with zero attached hydrogens (tertiary/aromatic N) is 1. The van der Waals surface area contributed by atoms with E-state index in [0.29, 0.717) is 13.1 Å². The highest BCUT2D eigenvalue weighted by Crippen LogP contribution is 2.10. The first-order valence-corrected chi connectivity index (χ1v) is 5.78. The van der Waals surface area contributed by atoms with E-state index in [-0.39, 0.29) is 12.1 Å². The standard InChI is InChI=1S/C11H17N3O3/c1-8-10(14-7-17-8)6-13-11(15)12-5-9-3-2-4-16-9/h7,9H,2-6H2,1H3,(H2,12,13,15). The number of urea groups is 1. The van der Waals surface area contributed by atoms with Crippen LogP contribution < -0.4 is 10.6 Å². The molecule has 1 aliphatic rings. The molecule has 2 heterocycles. The number of rotatable bonds is 4. The number of amides is 2. The van der Waals surface area contributed by atoms with Gasteiger partial charge in [-0.15, -0.1) is 0 Å².